The van der Waals surface area contributed by atoms with E-state index in [0.29, 0.717) is 18.8 Å². The fourth-order valence-electron chi connectivity index (χ4n) is 3.41. The second kappa shape index (κ2) is 7.48. The molecule has 0 radical (unpaired) electrons. The number of hydrogen-bond acceptors (Lipinski definition) is 5. The summed E-state index contributed by atoms with van der Waals surface area (Å²) in [5.41, 5.74) is 4.98. The van der Waals surface area contributed by atoms with Gasteiger partial charge in [-0.3, -0.25) is 9.36 Å². The summed E-state index contributed by atoms with van der Waals surface area (Å²) in [6.07, 6.45) is -0.265. The van der Waals surface area contributed by atoms with Gasteiger partial charge in [0, 0.05) is 6.07 Å². The molecule has 0 fully saturated rings. The van der Waals surface area contributed by atoms with E-state index in [9.17, 15) is 9.90 Å². The summed E-state index contributed by atoms with van der Waals surface area (Å²) in [7, 11) is 0. The maximum absolute atomic E-state index is 11.5. The van der Waals surface area contributed by atoms with Crippen molar-refractivity contribution in [3.05, 3.63) is 75.7 Å². The van der Waals surface area contributed by atoms with Gasteiger partial charge in [0.05, 0.1) is 18.8 Å². The second-order valence-corrected chi connectivity index (χ2v) is 6.96. The fourth-order valence-corrected chi connectivity index (χ4v) is 3.41. The number of aliphatic hydroxyl groups excluding tert-OH is 1. The maximum atomic E-state index is 11.5. The Balaban J connectivity index is 1.42. The summed E-state index contributed by atoms with van der Waals surface area (Å²) in [4.78, 5) is 15.4. The van der Waals surface area contributed by atoms with Crippen molar-refractivity contribution in [2.24, 2.45) is 0 Å². The zero-order valence-corrected chi connectivity index (χ0v) is 15.9. The Hall–Kier alpha value is -3.12. The van der Waals surface area contributed by atoms with Crippen LogP contribution in [0.15, 0.2) is 53.3 Å². The highest BCUT2D eigenvalue weighted by molar-refractivity contribution is 5.68. The number of rotatable bonds is 5. The topological polar surface area (TPSA) is 73.6 Å². The highest BCUT2D eigenvalue weighted by Crippen LogP contribution is 2.27. The summed E-state index contributed by atoms with van der Waals surface area (Å²) < 4.78 is 13.3. The molecule has 1 unspecified atom stereocenters. The molecule has 1 atom stereocenters. The smallest absolute Gasteiger partial charge is 0.300 e. The van der Waals surface area contributed by atoms with E-state index in [1.165, 1.54) is 22.8 Å². The monoisotopic (exact) mass is 378 g/mol. The van der Waals surface area contributed by atoms with Crippen LogP contribution in [0.3, 0.4) is 0 Å². The van der Waals surface area contributed by atoms with Crippen LogP contribution in [0.5, 0.6) is 11.8 Å². The van der Waals surface area contributed by atoms with Gasteiger partial charge in [-0.15, -0.1) is 0 Å². The SMILES string of the molecule is Cc1cccc(-c2ccc(OCC3Cn4c(CO)cc(=O)nc4O3)cc2)c1C. The first kappa shape index (κ1) is 18.3. The Kier molecular flexibility index (Phi) is 4.88. The van der Waals surface area contributed by atoms with Crippen LogP contribution >= 0.6 is 0 Å². The molecular weight excluding hydrogens is 356 g/mol. The molecule has 6 nitrogen and oxygen atoms in total. The largest absolute Gasteiger partial charge is 0.490 e. The van der Waals surface area contributed by atoms with E-state index in [0.717, 1.165) is 11.3 Å². The van der Waals surface area contributed by atoms with Gasteiger partial charge in [0.2, 0.25) is 0 Å². The van der Waals surface area contributed by atoms with E-state index >= 15 is 0 Å². The lowest BCUT2D eigenvalue weighted by molar-refractivity contribution is 0.143. The number of aryl methyl sites for hydroxylation is 1. The standard InChI is InChI=1S/C22H22N2O4/c1-14-4-3-5-20(15(14)2)16-6-8-18(9-7-16)27-13-19-11-24-17(12-25)10-21(26)23-22(24)28-19/h3-10,19,25H,11-13H2,1-2H3. The molecule has 0 saturated heterocycles. The van der Waals surface area contributed by atoms with E-state index < -0.39 is 5.56 Å². The van der Waals surface area contributed by atoms with Crippen LogP contribution in [0.2, 0.25) is 0 Å². The molecule has 6 heteroatoms. The van der Waals surface area contributed by atoms with Crippen LogP contribution in [0.25, 0.3) is 11.1 Å². The lowest BCUT2D eigenvalue weighted by atomic mass is 9.97. The van der Waals surface area contributed by atoms with Crippen LogP contribution < -0.4 is 15.0 Å². The van der Waals surface area contributed by atoms with Gasteiger partial charge in [0.25, 0.3) is 5.56 Å². The average Bonchev–Trinajstić information content (AvgIpc) is 3.11. The van der Waals surface area contributed by atoms with Gasteiger partial charge in [0.1, 0.15) is 12.4 Å². The average molecular weight is 378 g/mol. The van der Waals surface area contributed by atoms with Crippen molar-refractivity contribution < 1.29 is 14.6 Å². The fraction of sp³-hybridized carbons (Fsp3) is 0.273. The van der Waals surface area contributed by atoms with E-state index in [-0.39, 0.29) is 18.7 Å². The highest BCUT2D eigenvalue weighted by Gasteiger charge is 2.26. The first-order chi connectivity index (χ1) is 13.5. The van der Waals surface area contributed by atoms with Gasteiger partial charge in [-0.05, 0) is 48.2 Å². The van der Waals surface area contributed by atoms with Crippen LogP contribution in [0, 0.1) is 13.8 Å². The van der Waals surface area contributed by atoms with E-state index in [1.54, 1.807) is 4.57 Å². The molecule has 0 aliphatic carbocycles. The molecule has 1 aromatic heterocycles. The molecule has 1 N–H and O–H groups in total. The third-order valence-corrected chi connectivity index (χ3v) is 5.10. The molecule has 0 bridgehead atoms. The van der Waals surface area contributed by atoms with E-state index in [4.69, 9.17) is 9.47 Å². The summed E-state index contributed by atoms with van der Waals surface area (Å²) in [5, 5.41) is 9.40. The van der Waals surface area contributed by atoms with Crippen molar-refractivity contribution in [1.29, 1.82) is 0 Å². The molecule has 3 aromatic rings. The first-order valence-corrected chi connectivity index (χ1v) is 9.23. The third kappa shape index (κ3) is 3.51. The van der Waals surface area contributed by atoms with Crippen molar-refractivity contribution in [3.63, 3.8) is 0 Å². The zero-order valence-electron chi connectivity index (χ0n) is 15.9. The van der Waals surface area contributed by atoms with Crippen molar-refractivity contribution in [1.82, 2.24) is 9.55 Å². The number of ether oxygens (including phenoxy) is 2. The first-order valence-electron chi connectivity index (χ1n) is 9.23. The summed E-state index contributed by atoms with van der Waals surface area (Å²) in [6, 6.07) is 15.8. The van der Waals surface area contributed by atoms with Crippen molar-refractivity contribution in [2.75, 3.05) is 6.61 Å². The second-order valence-electron chi connectivity index (χ2n) is 6.96. The van der Waals surface area contributed by atoms with E-state index in [1.807, 2.05) is 24.3 Å². The molecule has 144 valence electrons. The van der Waals surface area contributed by atoms with Crippen molar-refractivity contribution >= 4 is 0 Å². The number of aliphatic hydroxyl groups is 1. The Morgan fingerprint density at radius 1 is 1.21 bits per heavy atom. The minimum Gasteiger partial charge on any atom is -0.490 e. The third-order valence-electron chi connectivity index (χ3n) is 5.10. The molecule has 0 saturated carbocycles. The lowest BCUT2D eigenvalue weighted by Gasteiger charge is -2.12. The minimum absolute atomic E-state index is 0.232. The molecule has 28 heavy (non-hydrogen) atoms. The zero-order chi connectivity index (χ0) is 19.7. The summed E-state index contributed by atoms with van der Waals surface area (Å²) >= 11 is 0. The molecule has 1 aliphatic rings. The Morgan fingerprint density at radius 2 is 2.00 bits per heavy atom. The van der Waals surface area contributed by atoms with Gasteiger partial charge in [-0.1, -0.05) is 30.3 Å². The lowest BCUT2D eigenvalue weighted by Crippen LogP contribution is -2.23. The van der Waals surface area contributed by atoms with Crippen LogP contribution in [0.1, 0.15) is 16.8 Å². The maximum Gasteiger partial charge on any atom is 0.300 e. The van der Waals surface area contributed by atoms with Gasteiger partial charge in [-0.2, -0.15) is 4.98 Å². The quantitative estimate of drug-likeness (QED) is 0.739. The van der Waals surface area contributed by atoms with Crippen molar-refractivity contribution in [2.45, 2.75) is 33.1 Å². The normalized spacial score (nSPS) is 15.2. The number of hydrogen-bond donors (Lipinski definition) is 1. The molecule has 0 amide bonds. The number of nitrogens with zero attached hydrogens (tertiary/aromatic N) is 2. The van der Waals surface area contributed by atoms with Crippen molar-refractivity contribution in [3.8, 4) is 22.9 Å². The van der Waals surface area contributed by atoms with Crippen LogP contribution in [-0.2, 0) is 13.2 Å². The number of benzene rings is 2. The molecule has 4 rings (SSSR count). The van der Waals surface area contributed by atoms with Gasteiger partial charge >= 0.3 is 6.01 Å². The van der Waals surface area contributed by atoms with Crippen LogP contribution in [-0.4, -0.2) is 27.4 Å². The summed E-state index contributed by atoms with van der Waals surface area (Å²) in [5.74, 6) is 0.749. The predicted octanol–water partition coefficient (Wildman–Crippen LogP) is 2.86. The minimum atomic E-state index is -0.418. The molecular formula is C22H22N2O4. The highest BCUT2D eigenvalue weighted by atomic mass is 16.6. The molecule has 2 heterocycles. The molecule has 1 aliphatic heterocycles. The number of aromatic nitrogens is 2. The van der Waals surface area contributed by atoms with Crippen LogP contribution in [0.4, 0.5) is 0 Å². The number of fused-ring (bicyclic) bond motifs is 1. The Labute approximate surface area is 163 Å². The molecule has 2 aromatic carbocycles. The summed E-state index contributed by atoms with van der Waals surface area (Å²) in [6.45, 7) is 4.82. The predicted molar refractivity (Wildman–Crippen MR) is 106 cm³/mol. The van der Waals surface area contributed by atoms with Gasteiger partial charge in [0.15, 0.2) is 6.10 Å². The Bertz CT molecular complexity index is 1060. The van der Waals surface area contributed by atoms with Gasteiger partial charge in [-0.25, -0.2) is 0 Å². The molecule has 0 spiro atoms. The Morgan fingerprint density at radius 3 is 2.75 bits per heavy atom. The van der Waals surface area contributed by atoms with Gasteiger partial charge < -0.3 is 14.6 Å². The van der Waals surface area contributed by atoms with E-state index in [2.05, 4.69) is 37.0 Å².